The van der Waals surface area contributed by atoms with Crippen LogP contribution in [-0.4, -0.2) is 46.1 Å². The number of hydroxylamine groups is 1. The van der Waals surface area contributed by atoms with Crippen molar-refractivity contribution in [2.24, 2.45) is 5.16 Å². The molecule has 10 heteroatoms. The topological polar surface area (TPSA) is 114 Å². The maximum atomic E-state index is 14.1. The summed E-state index contributed by atoms with van der Waals surface area (Å²) in [6.45, 7) is 6.72. The quantitative estimate of drug-likeness (QED) is 0.0318. The van der Waals surface area contributed by atoms with Crippen LogP contribution in [0.4, 0.5) is 0 Å². The number of thioether (sulfide) groups is 2. The summed E-state index contributed by atoms with van der Waals surface area (Å²) in [5, 5.41) is 15.8. The highest BCUT2D eigenvalue weighted by Crippen LogP contribution is 2.54. The number of carbonyl (C=O) groups is 3. The first-order valence-electron chi connectivity index (χ1n) is 18.2. The largest absolute Gasteiger partial charge is 0.387 e. The van der Waals surface area contributed by atoms with Crippen LogP contribution in [0.25, 0.3) is 11.1 Å². The van der Waals surface area contributed by atoms with Crippen LogP contribution >= 0.6 is 23.5 Å². The Morgan fingerprint density at radius 2 is 1.36 bits per heavy atom. The van der Waals surface area contributed by atoms with E-state index in [0.717, 1.165) is 57.7 Å². The maximum absolute atomic E-state index is 14.1. The highest BCUT2D eigenvalue weighted by Gasteiger charge is 2.44. The molecule has 2 N–H and O–H groups in total. The summed E-state index contributed by atoms with van der Waals surface area (Å²) >= 11 is 3.51. The summed E-state index contributed by atoms with van der Waals surface area (Å²) in [6.07, 6.45) is 3.40. The summed E-state index contributed by atoms with van der Waals surface area (Å²) in [5.74, 6) is -0.0136. The first-order chi connectivity index (χ1) is 25.7. The molecule has 1 aliphatic carbocycles. The molecule has 1 aliphatic rings. The molecule has 0 heterocycles. The minimum Gasteiger partial charge on any atom is -0.387 e. The molecule has 0 radical (unpaired) electrons. The second-order valence-corrected chi connectivity index (χ2v) is 15.4. The lowest BCUT2D eigenvalue weighted by molar-refractivity contribution is -0.152. The Balaban J connectivity index is 1.66. The number of rotatable bonds is 19. The minimum atomic E-state index is -0.952. The summed E-state index contributed by atoms with van der Waals surface area (Å²) in [6, 6.07) is 32.0. The van der Waals surface area contributed by atoms with Crippen molar-refractivity contribution in [3.63, 3.8) is 0 Å². The van der Waals surface area contributed by atoms with Gasteiger partial charge in [-0.3, -0.25) is 9.59 Å². The van der Waals surface area contributed by atoms with Gasteiger partial charge in [-0.2, -0.15) is 0 Å². The molecule has 0 amide bonds. The Morgan fingerprint density at radius 1 is 0.774 bits per heavy atom. The van der Waals surface area contributed by atoms with E-state index < -0.39 is 29.5 Å². The van der Waals surface area contributed by atoms with Gasteiger partial charge >= 0.3 is 11.9 Å². The predicted octanol–water partition coefficient (Wildman–Crippen LogP) is 9.49. The number of hydrogen-bond acceptors (Lipinski definition) is 10. The number of Topliss-reactive ketones (excluding diaryl/α,β-unsaturated/α-hetero) is 1. The second kappa shape index (κ2) is 19.2. The first-order valence-corrected chi connectivity index (χ1v) is 20.2. The molecule has 53 heavy (non-hydrogen) atoms. The molecular formula is C43H48N2O6S2. The molecular weight excluding hydrogens is 705 g/mol. The van der Waals surface area contributed by atoms with Crippen LogP contribution in [0.5, 0.6) is 0 Å². The summed E-state index contributed by atoms with van der Waals surface area (Å²) in [4.78, 5) is 49.9. The first kappa shape index (κ1) is 40.0. The van der Waals surface area contributed by atoms with Crippen LogP contribution < -0.4 is 5.48 Å². The Labute approximate surface area is 321 Å². The van der Waals surface area contributed by atoms with Crippen molar-refractivity contribution in [3.8, 4) is 11.1 Å². The van der Waals surface area contributed by atoms with Gasteiger partial charge in [0.1, 0.15) is 5.71 Å². The second-order valence-electron chi connectivity index (χ2n) is 13.3. The number of nitrogens with zero attached hydrogens (tertiary/aromatic N) is 1. The van der Waals surface area contributed by atoms with E-state index in [1.54, 1.807) is 23.5 Å². The summed E-state index contributed by atoms with van der Waals surface area (Å²) < 4.78 is 0. The van der Waals surface area contributed by atoms with E-state index in [1.165, 1.54) is 13.8 Å². The van der Waals surface area contributed by atoms with E-state index in [4.69, 9.17) is 9.68 Å². The smallest absolute Gasteiger partial charge is 0.331 e. The average Bonchev–Trinajstić information content (AvgIpc) is 3.44. The van der Waals surface area contributed by atoms with Crippen molar-refractivity contribution in [3.05, 3.63) is 119 Å². The van der Waals surface area contributed by atoms with E-state index in [1.807, 2.05) is 67.6 Å². The molecule has 4 aromatic rings. The molecule has 0 fully saturated rings. The third kappa shape index (κ3) is 10.1. The lowest BCUT2D eigenvalue weighted by Crippen LogP contribution is -2.36. The molecule has 4 aromatic carbocycles. The van der Waals surface area contributed by atoms with Gasteiger partial charge in [-0.1, -0.05) is 105 Å². The van der Waals surface area contributed by atoms with Gasteiger partial charge in [0.15, 0.2) is 0 Å². The fourth-order valence-corrected chi connectivity index (χ4v) is 9.04. The molecule has 278 valence electrons. The number of hydrogen-bond donors (Lipinski definition) is 2. The van der Waals surface area contributed by atoms with Gasteiger partial charge in [-0.25, -0.2) is 4.79 Å². The standard InChI is InChI=1S/C43H48N2O6S2/c1-5-7-19-39(44-50-29(3)46)41(48)31-21-23-35-36-24-22-32(42(49)40(20-8-6-2)45-51-30(4)47)26-38(36)43(37(35)25-31,27-52-33-15-11-9-12-16-33)28-53-34-17-13-10-14-18-34/h9-18,21-26,39,41,44,48H,5-8,19-20,27-28H2,1-4H3/b45-40+. The van der Waals surface area contributed by atoms with Crippen LogP contribution in [0.3, 0.4) is 0 Å². The summed E-state index contributed by atoms with van der Waals surface area (Å²) in [7, 11) is 0. The van der Waals surface area contributed by atoms with E-state index in [0.29, 0.717) is 35.5 Å². The average molecular weight is 753 g/mol. The van der Waals surface area contributed by atoms with Crippen molar-refractivity contribution >= 4 is 47.0 Å². The van der Waals surface area contributed by atoms with Crippen molar-refractivity contribution in [1.82, 2.24) is 5.48 Å². The van der Waals surface area contributed by atoms with Crippen molar-refractivity contribution in [2.75, 3.05) is 11.5 Å². The normalized spacial score (nSPS) is 14.2. The van der Waals surface area contributed by atoms with Crippen LogP contribution in [-0.2, 0) is 24.7 Å². The highest BCUT2D eigenvalue weighted by molar-refractivity contribution is 8.00. The van der Waals surface area contributed by atoms with Crippen molar-refractivity contribution in [2.45, 2.75) is 93.6 Å². The van der Waals surface area contributed by atoms with Gasteiger partial charge in [0.05, 0.1) is 12.1 Å². The van der Waals surface area contributed by atoms with E-state index in [2.05, 4.69) is 54.0 Å². The number of carbonyl (C=O) groups excluding carboxylic acids is 3. The van der Waals surface area contributed by atoms with Gasteiger partial charge in [-0.15, -0.1) is 29.0 Å². The monoisotopic (exact) mass is 752 g/mol. The molecule has 2 atom stereocenters. The number of nitrogens with one attached hydrogen (secondary N) is 1. The Kier molecular flexibility index (Phi) is 14.5. The fraction of sp³-hybridized carbons (Fsp3) is 0.349. The molecule has 8 nitrogen and oxygen atoms in total. The zero-order chi connectivity index (χ0) is 37.8. The van der Waals surface area contributed by atoms with Crippen molar-refractivity contribution < 1.29 is 29.2 Å². The van der Waals surface area contributed by atoms with Crippen LogP contribution in [0, 0.1) is 0 Å². The van der Waals surface area contributed by atoms with Crippen LogP contribution in [0.2, 0.25) is 0 Å². The van der Waals surface area contributed by atoms with E-state index in [-0.39, 0.29) is 11.5 Å². The van der Waals surface area contributed by atoms with Gasteiger partial charge < -0.3 is 14.8 Å². The van der Waals surface area contributed by atoms with E-state index in [9.17, 15) is 19.5 Å². The zero-order valence-corrected chi connectivity index (χ0v) is 32.4. The molecule has 0 bridgehead atoms. The SMILES string of the molecule is CCCC/C(=N\OC(C)=O)C(=O)c1ccc2c(c1)C(CSc1ccccc1)(CSc1ccccc1)c1cc(C(O)C(CCCC)NOC(C)=O)ccc1-2. The van der Waals surface area contributed by atoms with Gasteiger partial charge in [0, 0.05) is 46.1 Å². The highest BCUT2D eigenvalue weighted by atomic mass is 32.2. The summed E-state index contributed by atoms with van der Waals surface area (Å²) in [5.41, 5.74) is 7.75. The predicted molar refractivity (Wildman–Crippen MR) is 213 cm³/mol. The van der Waals surface area contributed by atoms with Gasteiger partial charge in [0.2, 0.25) is 5.78 Å². The molecule has 0 spiro atoms. The maximum Gasteiger partial charge on any atom is 0.331 e. The lowest BCUT2D eigenvalue weighted by Gasteiger charge is -2.33. The molecule has 0 saturated heterocycles. The van der Waals surface area contributed by atoms with Gasteiger partial charge in [0.25, 0.3) is 0 Å². The number of aliphatic hydroxyl groups excluding tert-OH is 1. The third-order valence-corrected chi connectivity index (χ3v) is 11.8. The zero-order valence-electron chi connectivity index (χ0n) is 30.8. The van der Waals surface area contributed by atoms with Gasteiger partial charge in [-0.05, 0) is 77.4 Å². The fourth-order valence-electron chi connectivity index (χ4n) is 6.56. The number of unbranched alkanes of at least 4 members (excludes halogenated alkanes) is 2. The van der Waals surface area contributed by atoms with E-state index >= 15 is 0 Å². The lowest BCUT2D eigenvalue weighted by atomic mass is 9.80. The minimum absolute atomic E-state index is 0.212. The third-order valence-electron chi connectivity index (χ3n) is 9.36. The molecule has 0 aliphatic heterocycles. The number of aliphatic hydroxyl groups is 1. The van der Waals surface area contributed by atoms with Crippen molar-refractivity contribution in [1.29, 1.82) is 0 Å². The molecule has 0 aromatic heterocycles. The Morgan fingerprint density at radius 3 is 1.92 bits per heavy atom. The number of ketones is 1. The molecule has 0 saturated carbocycles. The van der Waals surface area contributed by atoms with Crippen LogP contribution in [0.1, 0.15) is 99.4 Å². The molecule has 5 rings (SSSR count). The number of fused-ring (bicyclic) bond motifs is 3. The Bertz CT molecular complexity index is 1860. The Hall–Kier alpha value is -4.22. The number of benzene rings is 4. The molecule has 2 unspecified atom stereocenters. The van der Waals surface area contributed by atoms with Crippen LogP contribution in [0.15, 0.2) is 112 Å². The number of oxime groups is 1.